The van der Waals surface area contributed by atoms with E-state index in [4.69, 9.17) is 10.00 Å². The molecule has 10 heavy (non-hydrogen) atoms. The van der Waals surface area contributed by atoms with Crippen LogP contribution in [0.2, 0.25) is 0 Å². The van der Waals surface area contributed by atoms with Gasteiger partial charge in [0, 0.05) is 5.92 Å². The number of epoxide rings is 1. The van der Waals surface area contributed by atoms with Crippen LogP contribution < -0.4 is 0 Å². The SMILES string of the molecule is N#C[C@@H]1[C@@H]2C[C@H]1[C@]1(CO1)C2. The highest BCUT2D eigenvalue weighted by Crippen LogP contribution is 2.65. The Balaban J connectivity index is 1.95. The summed E-state index contributed by atoms with van der Waals surface area (Å²) in [5, 5.41) is 8.72. The van der Waals surface area contributed by atoms with E-state index in [-0.39, 0.29) is 5.60 Å². The Labute approximate surface area is 59.8 Å². The molecular weight excluding hydrogens is 126 g/mol. The van der Waals surface area contributed by atoms with Gasteiger partial charge in [-0.2, -0.15) is 5.26 Å². The Morgan fingerprint density at radius 1 is 1.60 bits per heavy atom. The first-order valence-corrected chi connectivity index (χ1v) is 3.89. The Kier molecular flexibility index (Phi) is 0.638. The number of nitrogens with zero attached hydrogens (tertiary/aromatic N) is 1. The minimum Gasteiger partial charge on any atom is -0.369 e. The highest BCUT2D eigenvalue weighted by atomic mass is 16.6. The Hall–Kier alpha value is -0.550. The summed E-state index contributed by atoms with van der Waals surface area (Å²) in [5.41, 5.74) is 0.227. The number of ether oxygens (including phenoxy) is 1. The molecule has 0 unspecified atom stereocenters. The monoisotopic (exact) mass is 135 g/mol. The van der Waals surface area contributed by atoms with Crippen LogP contribution in [0.3, 0.4) is 0 Å². The van der Waals surface area contributed by atoms with Gasteiger partial charge in [-0.1, -0.05) is 0 Å². The van der Waals surface area contributed by atoms with Gasteiger partial charge in [0.05, 0.1) is 24.2 Å². The first kappa shape index (κ1) is 5.15. The van der Waals surface area contributed by atoms with Gasteiger partial charge >= 0.3 is 0 Å². The van der Waals surface area contributed by atoms with Gasteiger partial charge in [-0.15, -0.1) is 0 Å². The van der Waals surface area contributed by atoms with Gasteiger partial charge in [0.25, 0.3) is 0 Å². The van der Waals surface area contributed by atoms with Crippen LogP contribution in [0.4, 0.5) is 0 Å². The van der Waals surface area contributed by atoms with E-state index in [1.165, 1.54) is 12.8 Å². The summed E-state index contributed by atoms with van der Waals surface area (Å²) in [7, 11) is 0. The maximum Gasteiger partial charge on any atom is 0.0960 e. The van der Waals surface area contributed by atoms with Crippen LogP contribution in [-0.2, 0) is 4.74 Å². The first-order chi connectivity index (χ1) is 4.86. The molecule has 4 fully saturated rings. The second kappa shape index (κ2) is 1.24. The molecule has 1 spiro atoms. The highest BCUT2D eigenvalue weighted by molar-refractivity contribution is 5.21. The van der Waals surface area contributed by atoms with Crippen LogP contribution >= 0.6 is 0 Å². The summed E-state index contributed by atoms with van der Waals surface area (Å²) < 4.78 is 5.39. The van der Waals surface area contributed by atoms with E-state index in [0.29, 0.717) is 17.8 Å². The average molecular weight is 135 g/mol. The fourth-order valence-corrected chi connectivity index (χ4v) is 2.72. The molecule has 3 saturated carbocycles. The molecule has 4 aliphatic rings. The summed E-state index contributed by atoms with van der Waals surface area (Å²) in [5.74, 6) is 1.66. The average Bonchev–Trinajstić information content (AvgIpc) is 2.36. The third-order valence-electron chi connectivity index (χ3n) is 3.45. The molecule has 3 aliphatic carbocycles. The molecule has 52 valence electrons. The molecule has 0 aromatic rings. The van der Waals surface area contributed by atoms with Crippen molar-refractivity contribution in [2.24, 2.45) is 17.8 Å². The molecule has 1 heterocycles. The fraction of sp³-hybridized carbons (Fsp3) is 0.875. The van der Waals surface area contributed by atoms with E-state index < -0.39 is 0 Å². The number of hydrogen-bond donors (Lipinski definition) is 0. The Bertz CT molecular complexity index is 226. The van der Waals surface area contributed by atoms with Crippen molar-refractivity contribution in [3.63, 3.8) is 0 Å². The van der Waals surface area contributed by atoms with Crippen LogP contribution in [-0.4, -0.2) is 12.2 Å². The lowest BCUT2D eigenvalue weighted by Gasteiger charge is -2.29. The van der Waals surface area contributed by atoms with Crippen LogP contribution in [0, 0.1) is 29.1 Å². The summed E-state index contributed by atoms with van der Waals surface area (Å²) in [6.07, 6.45) is 2.44. The zero-order chi connectivity index (χ0) is 6.77. The topological polar surface area (TPSA) is 36.3 Å². The van der Waals surface area contributed by atoms with Gasteiger partial charge in [-0.05, 0) is 18.8 Å². The summed E-state index contributed by atoms with van der Waals surface area (Å²) in [6.45, 7) is 0.937. The van der Waals surface area contributed by atoms with E-state index >= 15 is 0 Å². The molecular formula is C8H9NO. The van der Waals surface area contributed by atoms with Crippen molar-refractivity contribution in [3.8, 4) is 6.07 Å². The van der Waals surface area contributed by atoms with E-state index in [9.17, 15) is 0 Å². The molecule has 2 heteroatoms. The molecule has 0 aromatic heterocycles. The molecule has 2 nitrogen and oxygen atoms in total. The predicted molar refractivity (Wildman–Crippen MR) is 34.0 cm³/mol. The lowest BCUT2D eigenvalue weighted by atomic mass is 9.72. The summed E-state index contributed by atoms with van der Waals surface area (Å²) in [4.78, 5) is 0. The smallest absolute Gasteiger partial charge is 0.0960 e. The van der Waals surface area contributed by atoms with Gasteiger partial charge in [-0.3, -0.25) is 0 Å². The number of rotatable bonds is 0. The van der Waals surface area contributed by atoms with Crippen molar-refractivity contribution in [2.45, 2.75) is 18.4 Å². The number of hydrogen-bond acceptors (Lipinski definition) is 2. The van der Waals surface area contributed by atoms with Crippen molar-refractivity contribution < 1.29 is 4.74 Å². The normalized spacial score (nSPS) is 61.7. The molecule has 0 radical (unpaired) electrons. The predicted octanol–water partition coefficient (Wildman–Crippen LogP) is 0.935. The van der Waals surface area contributed by atoms with Crippen LogP contribution in [0.1, 0.15) is 12.8 Å². The van der Waals surface area contributed by atoms with Crippen molar-refractivity contribution in [3.05, 3.63) is 0 Å². The molecule has 0 aromatic carbocycles. The first-order valence-electron chi connectivity index (χ1n) is 3.89. The third-order valence-corrected chi connectivity index (χ3v) is 3.45. The zero-order valence-electron chi connectivity index (χ0n) is 5.71. The molecule has 2 bridgehead atoms. The van der Waals surface area contributed by atoms with E-state index in [2.05, 4.69) is 6.07 Å². The van der Waals surface area contributed by atoms with Crippen molar-refractivity contribution >= 4 is 0 Å². The second-order valence-electron chi connectivity index (χ2n) is 3.81. The quantitative estimate of drug-likeness (QED) is 0.463. The van der Waals surface area contributed by atoms with Gasteiger partial charge in [-0.25, -0.2) is 0 Å². The van der Waals surface area contributed by atoms with Crippen LogP contribution in [0.15, 0.2) is 0 Å². The van der Waals surface area contributed by atoms with Crippen LogP contribution in [0.25, 0.3) is 0 Å². The second-order valence-corrected chi connectivity index (χ2v) is 3.81. The molecule has 1 saturated heterocycles. The molecule has 1 aliphatic heterocycles. The maximum atomic E-state index is 8.72. The lowest BCUT2D eigenvalue weighted by molar-refractivity contribution is 0.168. The van der Waals surface area contributed by atoms with Gasteiger partial charge in [0.2, 0.25) is 0 Å². The van der Waals surface area contributed by atoms with Crippen molar-refractivity contribution in [1.82, 2.24) is 0 Å². The molecule has 4 atom stereocenters. The summed E-state index contributed by atoms with van der Waals surface area (Å²) in [6, 6.07) is 2.38. The third kappa shape index (κ3) is 0.357. The molecule has 0 amide bonds. The Morgan fingerprint density at radius 3 is 2.80 bits per heavy atom. The minimum absolute atomic E-state index is 0.227. The van der Waals surface area contributed by atoms with Gasteiger partial charge in [0.15, 0.2) is 0 Å². The highest BCUT2D eigenvalue weighted by Gasteiger charge is 2.68. The maximum absolute atomic E-state index is 8.72. The lowest BCUT2D eigenvalue weighted by Crippen LogP contribution is -2.30. The van der Waals surface area contributed by atoms with Crippen molar-refractivity contribution in [1.29, 1.82) is 5.26 Å². The minimum atomic E-state index is 0.227. The molecule has 4 rings (SSSR count). The van der Waals surface area contributed by atoms with Gasteiger partial charge < -0.3 is 4.74 Å². The van der Waals surface area contributed by atoms with Gasteiger partial charge in [0.1, 0.15) is 0 Å². The van der Waals surface area contributed by atoms with Crippen LogP contribution in [0.5, 0.6) is 0 Å². The van der Waals surface area contributed by atoms with E-state index in [0.717, 1.165) is 6.61 Å². The van der Waals surface area contributed by atoms with E-state index in [1.54, 1.807) is 0 Å². The fourth-order valence-electron chi connectivity index (χ4n) is 2.72. The molecule has 0 N–H and O–H groups in total. The van der Waals surface area contributed by atoms with Crippen molar-refractivity contribution in [2.75, 3.05) is 6.61 Å². The Morgan fingerprint density at radius 2 is 2.40 bits per heavy atom. The largest absolute Gasteiger partial charge is 0.369 e. The zero-order valence-corrected chi connectivity index (χ0v) is 5.71. The number of nitriles is 1. The summed E-state index contributed by atoms with van der Waals surface area (Å²) >= 11 is 0. The standard InChI is InChI=1S/C8H9NO/c9-3-6-5-1-7(6)8(2-5)4-10-8/h5-7H,1-2,4H2/t5-,6-,7-,8-/m1/s1. The van der Waals surface area contributed by atoms with E-state index in [1.807, 2.05) is 0 Å².